The zero-order valence-electron chi connectivity index (χ0n) is 15.7. The van der Waals surface area contributed by atoms with E-state index in [2.05, 4.69) is 69.2 Å². The first-order valence-corrected chi connectivity index (χ1v) is 7.82. The van der Waals surface area contributed by atoms with Gasteiger partial charge in [-0.05, 0) is 35.0 Å². The Morgan fingerprint density at radius 1 is 0.900 bits per heavy atom. The molecule has 2 N–H and O–H groups in total. The number of nitrogens with two attached hydrogens (primary N) is 1. The van der Waals surface area contributed by atoms with Crippen molar-refractivity contribution >= 4 is 5.91 Å². The highest BCUT2D eigenvalue weighted by Crippen LogP contribution is 2.35. The summed E-state index contributed by atoms with van der Waals surface area (Å²) < 4.78 is 0. The van der Waals surface area contributed by atoms with Crippen molar-refractivity contribution in [3.8, 4) is 0 Å². The number of hydrogen-bond donors (Lipinski definition) is 1. The molecule has 20 heavy (non-hydrogen) atoms. The van der Waals surface area contributed by atoms with Crippen LogP contribution in [0.4, 0.5) is 0 Å². The smallest absolute Gasteiger partial charge is 0.217 e. The molecule has 0 spiro atoms. The summed E-state index contributed by atoms with van der Waals surface area (Å²) in [5, 5.41) is 0. The summed E-state index contributed by atoms with van der Waals surface area (Å²) in [6, 6.07) is 0. The van der Waals surface area contributed by atoms with Gasteiger partial charge in [0, 0.05) is 6.42 Å². The number of carbonyl (C=O) groups excluding carboxylic acids is 1. The standard InChI is InChI=1S/C10H21NO.C8H18/c1-9(2,3)7-10(4,5)6-8(11)12;1-7(2)6-8(3,4)5/h6-7H2,1-5H3,(H2,11,12);7H,6H2,1-5H3. The molecule has 1 amide bonds. The Morgan fingerprint density at radius 2 is 1.30 bits per heavy atom. The SMILES string of the molecule is CC(C)(C)CC(C)(C)CC(N)=O.CC(C)CC(C)(C)C. The molecule has 0 aromatic rings. The minimum absolute atomic E-state index is 0.0318. The first-order chi connectivity index (χ1) is 8.54. The maximum absolute atomic E-state index is 10.7. The Morgan fingerprint density at radius 3 is 1.45 bits per heavy atom. The molecular formula is C18H39NO. The van der Waals surface area contributed by atoms with Gasteiger partial charge in [-0.1, -0.05) is 69.2 Å². The highest BCUT2D eigenvalue weighted by atomic mass is 16.1. The fourth-order valence-electron chi connectivity index (χ4n) is 3.19. The molecule has 0 bridgehead atoms. The van der Waals surface area contributed by atoms with Crippen molar-refractivity contribution in [1.82, 2.24) is 0 Å². The highest BCUT2D eigenvalue weighted by Gasteiger charge is 2.26. The third-order valence-corrected chi connectivity index (χ3v) is 2.68. The van der Waals surface area contributed by atoms with E-state index in [1.54, 1.807) is 0 Å². The minimum Gasteiger partial charge on any atom is -0.370 e. The largest absolute Gasteiger partial charge is 0.370 e. The van der Waals surface area contributed by atoms with Crippen LogP contribution < -0.4 is 5.73 Å². The quantitative estimate of drug-likeness (QED) is 0.738. The topological polar surface area (TPSA) is 43.1 Å². The average molecular weight is 286 g/mol. The summed E-state index contributed by atoms with van der Waals surface area (Å²) in [4.78, 5) is 10.7. The Hall–Kier alpha value is -0.530. The van der Waals surface area contributed by atoms with E-state index in [-0.39, 0.29) is 16.7 Å². The van der Waals surface area contributed by atoms with E-state index in [9.17, 15) is 4.79 Å². The molecule has 0 radical (unpaired) electrons. The number of rotatable bonds is 4. The second-order valence-electron chi connectivity index (χ2n) is 9.70. The third kappa shape index (κ3) is 19.8. The van der Waals surface area contributed by atoms with Gasteiger partial charge in [0.15, 0.2) is 0 Å². The molecule has 0 aliphatic heterocycles. The molecule has 2 heteroatoms. The summed E-state index contributed by atoms with van der Waals surface area (Å²) in [7, 11) is 0. The predicted molar refractivity (Wildman–Crippen MR) is 90.6 cm³/mol. The summed E-state index contributed by atoms with van der Waals surface area (Å²) in [5.41, 5.74) is 5.98. The lowest BCUT2D eigenvalue weighted by atomic mass is 9.74. The van der Waals surface area contributed by atoms with Crippen LogP contribution in [0.15, 0.2) is 0 Å². The maximum atomic E-state index is 10.7. The normalized spacial score (nSPS) is 12.9. The van der Waals surface area contributed by atoms with Gasteiger partial charge in [0.05, 0.1) is 0 Å². The maximum Gasteiger partial charge on any atom is 0.217 e. The lowest BCUT2D eigenvalue weighted by Gasteiger charge is -2.31. The molecule has 0 rings (SSSR count). The van der Waals surface area contributed by atoms with E-state index < -0.39 is 0 Å². The molecule has 0 heterocycles. The molecule has 0 aliphatic carbocycles. The van der Waals surface area contributed by atoms with Crippen LogP contribution in [-0.4, -0.2) is 5.91 Å². The van der Waals surface area contributed by atoms with Crippen LogP contribution in [-0.2, 0) is 4.79 Å². The van der Waals surface area contributed by atoms with Gasteiger partial charge in [0.25, 0.3) is 0 Å². The van der Waals surface area contributed by atoms with Gasteiger partial charge in [-0.3, -0.25) is 4.79 Å². The lowest BCUT2D eigenvalue weighted by molar-refractivity contribution is -0.120. The molecule has 0 aliphatic rings. The monoisotopic (exact) mass is 285 g/mol. The molecular weight excluding hydrogens is 246 g/mol. The Kier molecular flexibility index (Phi) is 8.75. The highest BCUT2D eigenvalue weighted by molar-refractivity contribution is 5.74. The minimum atomic E-state index is -0.204. The van der Waals surface area contributed by atoms with E-state index in [1.807, 2.05) is 0 Å². The van der Waals surface area contributed by atoms with Crippen molar-refractivity contribution in [3.63, 3.8) is 0 Å². The predicted octanol–water partition coefficient (Wildman–Crippen LogP) is 5.40. The second-order valence-corrected chi connectivity index (χ2v) is 9.70. The van der Waals surface area contributed by atoms with Gasteiger partial charge in [0.1, 0.15) is 0 Å². The van der Waals surface area contributed by atoms with Crippen LogP contribution in [0.1, 0.15) is 88.5 Å². The van der Waals surface area contributed by atoms with Crippen molar-refractivity contribution in [3.05, 3.63) is 0 Å². The molecule has 0 saturated heterocycles. The number of hydrogen-bond acceptors (Lipinski definition) is 1. The first-order valence-electron chi connectivity index (χ1n) is 7.82. The Balaban J connectivity index is 0. The number of primary amides is 1. The summed E-state index contributed by atoms with van der Waals surface area (Å²) >= 11 is 0. The van der Waals surface area contributed by atoms with Gasteiger partial charge < -0.3 is 5.73 Å². The lowest BCUT2D eigenvalue weighted by Crippen LogP contribution is -2.26. The molecule has 0 aromatic carbocycles. The number of carbonyl (C=O) groups is 1. The van der Waals surface area contributed by atoms with Crippen LogP contribution in [0.5, 0.6) is 0 Å². The zero-order chi connectivity index (χ0) is 16.8. The van der Waals surface area contributed by atoms with Gasteiger partial charge in [-0.25, -0.2) is 0 Å². The van der Waals surface area contributed by atoms with E-state index >= 15 is 0 Å². The van der Waals surface area contributed by atoms with E-state index in [4.69, 9.17) is 5.73 Å². The van der Waals surface area contributed by atoms with Crippen LogP contribution in [0, 0.1) is 22.2 Å². The Bertz CT molecular complexity index is 277. The van der Waals surface area contributed by atoms with E-state index in [1.165, 1.54) is 6.42 Å². The molecule has 122 valence electrons. The fraction of sp³-hybridized carbons (Fsp3) is 0.944. The summed E-state index contributed by atoms with van der Waals surface area (Å²) in [5.74, 6) is 0.638. The molecule has 0 saturated carbocycles. The number of amides is 1. The third-order valence-electron chi connectivity index (χ3n) is 2.68. The zero-order valence-corrected chi connectivity index (χ0v) is 15.7. The molecule has 0 aromatic heterocycles. The van der Waals surface area contributed by atoms with Crippen molar-refractivity contribution in [2.75, 3.05) is 0 Å². The average Bonchev–Trinajstić information content (AvgIpc) is 1.88. The first kappa shape index (κ1) is 21.8. The van der Waals surface area contributed by atoms with Gasteiger partial charge >= 0.3 is 0 Å². The molecule has 2 nitrogen and oxygen atoms in total. The van der Waals surface area contributed by atoms with Crippen LogP contribution in [0.2, 0.25) is 0 Å². The van der Waals surface area contributed by atoms with E-state index in [0.717, 1.165) is 12.3 Å². The van der Waals surface area contributed by atoms with Crippen molar-refractivity contribution < 1.29 is 4.79 Å². The fourth-order valence-corrected chi connectivity index (χ4v) is 3.19. The molecule has 0 atom stereocenters. The van der Waals surface area contributed by atoms with Gasteiger partial charge in [0.2, 0.25) is 5.91 Å². The molecule has 0 unspecified atom stereocenters. The van der Waals surface area contributed by atoms with Crippen molar-refractivity contribution in [1.29, 1.82) is 0 Å². The van der Waals surface area contributed by atoms with Crippen LogP contribution >= 0.6 is 0 Å². The van der Waals surface area contributed by atoms with E-state index in [0.29, 0.717) is 11.8 Å². The molecule has 0 fully saturated rings. The van der Waals surface area contributed by atoms with Crippen molar-refractivity contribution in [2.45, 2.75) is 88.5 Å². The van der Waals surface area contributed by atoms with Crippen LogP contribution in [0.3, 0.4) is 0 Å². The van der Waals surface area contributed by atoms with Gasteiger partial charge in [-0.15, -0.1) is 0 Å². The second kappa shape index (κ2) is 8.05. The summed E-state index contributed by atoms with van der Waals surface area (Å²) in [6.07, 6.45) is 2.82. The van der Waals surface area contributed by atoms with Crippen LogP contribution in [0.25, 0.3) is 0 Å². The van der Waals surface area contributed by atoms with Crippen molar-refractivity contribution in [2.24, 2.45) is 27.9 Å². The summed E-state index contributed by atoms with van der Waals surface area (Å²) in [6.45, 7) is 22.1. The van der Waals surface area contributed by atoms with Gasteiger partial charge in [-0.2, -0.15) is 0 Å². The Labute approximate surface area is 127 Å².